The van der Waals surface area contributed by atoms with Gasteiger partial charge in [-0.15, -0.1) is 0 Å². The Kier molecular flexibility index (Phi) is 4.09. The first-order valence-electron chi connectivity index (χ1n) is 8.22. The lowest BCUT2D eigenvalue weighted by Gasteiger charge is -2.19. The smallest absolute Gasteiger partial charge is 0.242 e. The maximum absolute atomic E-state index is 12.3. The summed E-state index contributed by atoms with van der Waals surface area (Å²) in [5.74, 6) is 0. The summed E-state index contributed by atoms with van der Waals surface area (Å²) >= 11 is 5.51. The fourth-order valence-electron chi connectivity index (χ4n) is 3.19. The Balaban J connectivity index is 1.66. The topological polar surface area (TPSA) is 62.9 Å². The molecule has 3 aromatic rings. The van der Waals surface area contributed by atoms with Crippen LogP contribution in [-0.2, 0) is 23.1 Å². The van der Waals surface area contributed by atoms with Gasteiger partial charge in [0, 0.05) is 32.5 Å². The van der Waals surface area contributed by atoms with Crippen LogP contribution in [-0.4, -0.2) is 47.5 Å². The van der Waals surface area contributed by atoms with E-state index in [0.29, 0.717) is 16.3 Å². The maximum Gasteiger partial charge on any atom is 0.242 e. The van der Waals surface area contributed by atoms with Crippen LogP contribution in [0.15, 0.2) is 47.5 Å². The van der Waals surface area contributed by atoms with Gasteiger partial charge >= 0.3 is 0 Å². The van der Waals surface area contributed by atoms with Gasteiger partial charge in [-0.25, -0.2) is 17.4 Å². The summed E-state index contributed by atoms with van der Waals surface area (Å²) < 4.78 is 30.2. The van der Waals surface area contributed by atoms with Crippen molar-refractivity contribution in [2.24, 2.45) is 0 Å². The molecule has 26 heavy (non-hydrogen) atoms. The number of hydrogen-bond acceptors (Lipinski definition) is 5. The average Bonchev–Trinajstić information content (AvgIpc) is 3.16. The van der Waals surface area contributed by atoms with Gasteiger partial charge in [0.05, 0.1) is 4.90 Å². The monoisotopic (exact) mass is 389 g/mol. The van der Waals surface area contributed by atoms with E-state index in [1.807, 2.05) is 34.9 Å². The Morgan fingerprint density at radius 2 is 2.04 bits per heavy atom. The molecule has 4 rings (SSSR count). The summed E-state index contributed by atoms with van der Waals surface area (Å²) in [6.07, 6.45) is 2.70. The van der Waals surface area contributed by atoms with Gasteiger partial charge < -0.3 is 4.90 Å². The van der Waals surface area contributed by atoms with Crippen LogP contribution in [0.3, 0.4) is 0 Å². The zero-order valence-electron chi connectivity index (χ0n) is 14.5. The molecule has 0 atom stereocenters. The number of rotatable bonds is 4. The number of sulfonamides is 1. The number of fused-ring (bicyclic) bond motifs is 2. The minimum absolute atomic E-state index is 0.326. The van der Waals surface area contributed by atoms with Crippen LogP contribution in [0.1, 0.15) is 5.56 Å². The maximum atomic E-state index is 12.3. The molecule has 0 unspecified atom stereocenters. The van der Waals surface area contributed by atoms with E-state index in [2.05, 4.69) is 10.00 Å². The molecule has 1 aromatic carbocycles. The highest BCUT2D eigenvalue weighted by Crippen LogP contribution is 2.31. The number of anilines is 1. The minimum Gasteiger partial charge on any atom is -0.351 e. The summed E-state index contributed by atoms with van der Waals surface area (Å²) in [5, 5.41) is 4.56. The summed E-state index contributed by atoms with van der Waals surface area (Å²) in [7, 11) is -0.338. The molecule has 2 aromatic heterocycles. The Labute approximate surface area is 157 Å². The van der Waals surface area contributed by atoms with Crippen LogP contribution in [0.2, 0.25) is 0 Å². The van der Waals surface area contributed by atoms with E-state index in [1.54, 1.807) is 30.9 Å². The van der Waals surface area contributed by atoms with E-state index in [1.165, 1.54) is 4.31 Å². The number of hydrogen-bond donors (Lipinski definition) is 0. The SMILES string of the molecule is CN(C)S(=O)(=O)c1ccc2c(c1)CCN2Cn1nc2ccccn2c1=S. The molecule has 3 heterocycles. The zero-order chi connectivity index (χ0) is 18.5. The molecule has 0 amide bonds. The van der Waals surface area contributed by atoms with Gasteiger partial charge in [-0.3, -0.25) is 4.40 Å². The summed E-state index contributed by atoms with van der Waals surface area (Å²) in [6.45, 7) is 1.34. The fourth-order valence-corrected chi connectivity index (χ4v) is 4.39. The van der Waals surface area contributed by atoms with Crippen molar-refractivity contribution in [3.8, 4) is 0 Å². The van der Waals surface area contributed by atoms with Crippen LogP contribution >= 0.6 is 12.2 Å². The molecule has 0 saturated heterocycles. The third-order valence-electron chi connectivity index (χ3n) is 4.61. The van der Waals surface area contributed by atoms with Crippen molar-refractivity contribution in [1.82, 2.24) is 18.5 Å². The average molecular weight is 390 g/mol. The van der Waals surface area contributed by atoms with Crippen LogP contribution in [0.4, 0.5) is 5.69 Å². The molecule has 0 radical (unpaired) electrons. The second-order valence-corrected chi connectivity index (χ2v) is 8.96. The first-order valence-corrected chi connectivity index (χ1v) is 10.1. The number of pyridine rings is 1. The molecule has 0 fully saturated rings. The highest BCUT2D eigenvalue weighted by atomic mass is 32.2. The van der Waals surface area contributed by atoms with E-state index in [-0.39, 0.29) is 0 Å². The predicted molar refractivity (Wildman–Crippen MR) is 102 cm³/mol. The van der Waals surface area contributed by atoms with E-state index >= 15 is 0 Å². The molecule has 0 spiro atoms. The summed E-state index contributed by atoms with van der Waals surface area (Å²) in [6, 6.07) is 11.1. The molecular weight excluding hydrogens is 370 g/mol. The molecule has 136 valence electrons. The highest BCUT2D eigenvalue weighted by Gasteiger charge is 2.24. The van der Waals surface area contributed by atoms with Crippen molar-refractivity contribution in [3.05, 3.63) is 52.9 Å². The number of aromatic nitrogens is 3. The molecule has 9 heteroatoms. The van der Waals surface area contributed by atoms with Crippen LogP contribution in [0.25, 0.3) is 5.65 Å². The van der Waals surface area contributed by atoms with Gasteiger partial charge in [0.25, 0.3) is 0 Å². The molecule has 0 bridgehead atoms. The molecule has 0 aliphatic carbocycles. The van der Waals surface area contributed by atoms with Gasteiger partial charge in [-0.2, -0.15) is 5.10 Å². The van der Waals surface area contributed by atoms with E-state index in [9.17, 15) is 8.42 Å². The number of nitrogens with zero attached hydrogens (tertiary/aromatic N) is 5. The molecule has 0 N–H and O–H groups in total. The normalized spacial score (nSPS) is 14.3. The molecule has 1 aliphatic heterocycles. The van der Waals surface area contributed by atoms with E-state index in [4.69, 9.17) is 12.2 Å². The van der Waals surface area contributed by atoms with Gasteiger partial charge in [0.15, 0.2) is 5.65 Å². The molecule has 1 aliphatic rings. The Morgan fingerprint density at radius 3 is 2.77 bits per heavy atom. The Morgan fingerprint density at radius 1 is 1.23 bits per heavy atom. The van der Waals surface area contributed by atoms with Crippen molar-refractivity contribution < 1.29 is 8.42 Å². The lowest BCUT2D eigenvalue weighted by Crippen LogP contribution is -2.25. The lowest BCUT2D eigenvalue weighted by atomic mass is 10.2. The zero-order valence-corrected chi connectivity index (χ0v) is 16.2. The van der Waals surface area contributed by atoms with E-state index in [0.717, 1.165) is 29.9 Å². The molecule has 0 saturated carbocycles. The van der Waals surface area contributed by atoms with Crippen molar-refractivity contribution in [2.45, 2.75) is 18.0 Å². The van der Waals surface area contributed by atoms with Gasteiger partial charge in [0.1, 0.15) is 6.67 Å². The first-order chi connectivity index (χ1) is 12.4. The molecule has 7 nitrogen and oxygen atoms in total. The minimum atomic E-state index is -3.42. The van der Waals surface area contributed by atoms with Gasteiger partial charge in [-0.1, -0.05) is 6.07 Å². The van der Waals surface area contributed by atoms with Crippen molar-refractivity contribution in [1.29, 1.82) is 0 Å². The van der Waals surface area contributed by atoms with E-state index < -0.39 is 10.0 Å². The van der Waals surface area contributed by atoms with Gasteiger partial charge in [-0.05, 0) is 54.5 Å². The fraction of sp³-hybridized carbons (Fsp3) is 0.294. The predicted octanol–water partition coefficient (Wildman–Crippen LogP) is 2.14. The quantitative estimate of drug-likeness (QED) is 0.640. The van der Waals surface area contributed by atoms with Crippen LogP contribution in [0.5, 0.6) is 0 Å². The largest absolute Gasteiger partial charge is 0.351 e. The second kappa shape index (κ2) is 6.19. The lowest BCUT2D eigenvalue weighted by molar-refractivity contribution is 0.520. The standard InChI is InChI=1S/C17H19N5O2S2/c1-19(2)26(23,24)14-6-7-15-13(11-14)8-10-20(15)12-22-17(25)21-9-4-3-5-16(21)18-22/h3-7,9,11H,8,10,12H2,1-2H3. The second-order valence-electron chi connectivity index (χ2n) is 6.44. The third kappa shape index (κ3) is 2.72. The highest BCUT2D eigenvalue weighted by molar-refractivity contribution is 7.89. The van der Waals surface area contributed by atoms with Crippen molar-refractivity contribution in [3.63, 3.8) is 0 Å². The van der Waals surface area contributed by atoms with Crippen LogP contribution in [0, 0.1) is 4.77 Å². The van der Waals surface area contributed by atoms with Crippen LogP contribution < -0.4 is 4.90 Å². The van der Waals surface area contributed by atoms with Gasteiger partial charge in [0.2, 0.25) is 14.8 Å². The van der Waals surface area contributed by atoms with Crippen molar-refractivity contribution in [2.75, 3.05) is 25.5 Å². The molecular formula is C17H19N5O2S2. The first kappa shape index (κ1) is 17.2. The Hall–Kier alpha value is -2.23. The summed E-state index contributed by atoms with van der Waals surface area (Å²) in [4.78, 5) is 2.50. The third-order valence-corrected chi connectivity index (χ3v) is 6.83. The Bertz CT molecular complexity index is 1150. The van der Waals surface area contributed by atoms with Crippen molar-refractivity contribution >= 4 is 33.6 Å². The number of benzene rings is 1. The summed E-state index contributed by atoms with van der Waals surface area (Å²) in [5.41, 5.74) is 2.87.